The summed E-state index contributed by atoms with van der Waals surface area (Å²) in [5, 5.41) is 15.8. The van der Waals surface area contributed by atoms with Gasteiger partial charge in [-0.25, -0.2) is 0 Å². The van der Waals surface area contributed by atoms with Gasteiger partial charge >= 0.3 is 5.97 Å². The van der Waals surface area contributed by atoms with Crippen LogP contribution in [-0.4, -0.2) is 47.9 Å². The predicted octanol–water partition coefficient (Wildman–Crippen LogP) is 0.148. The van der Waals surface area contributed by atoms with Crippen LogP contribution in [0.4, 0.5) is 0 Å². The number of hydrogen-bond donors (Lipinski definition) is 4. The van der Waals surface area contributed by atoms with Gasteiger partial charge in [-0.3, -0.25) is 19.2 Å². The van der Waals surface area contributed by atoms with Crippen molar-refractivity contribution in [1.82, 2.24) is 16.0 Å². The van der Waals surface area contributed by atoms with Gasteiger partial charge in [-0.1, -0.05) is 32.0 Å². The Morgan fingerprint density at radius 2 is 1.64 bits per heavy atom. The van der Waals surface area contributed by atoms with E-state index < -0.39 is 36.3 Å². The van der Waals surface area contributed by atoms with Crippen LogP contribution in [0.25, 0.3) is 0 Å². The van der Waals surface area contributed by atoms with Gasteiger partial charge in [0.05, 0.1) is 6.54 Å². The lowest BCUT2D eigenvalue weighted by Gasteiger charge is -2.20. The van der Waals surface area contributed by atoms with Gasteiger partial charge < -0.3 is 21.1 Å². The molecule has 0 bridgehead atoms. The van der Waals surface area contributed by atoms with Crippen molar-refractivity contribution in [3.05, 3.63) is 35.9 Å². The number of carboxylic acid groups (broad SMARTS) is 1. The van der Waals surface area contributed by atoms with E-state index in [9.17, 15) is 19.2 Å². The number of carbonyl (C=O) groups is 4. The molecular formula is C17H23N3O5. The summed E-state index contributed by atoms with van der Waals surface area (Å²) in [5.41, 5.74) is 0.424. The highest BCUT2D eigenvalue weighted by atomic mass is 16.4. The average Bonchev–Trinajstić information content (AvgIpc) is 2.57. The van der Waals surface area contributed by atoms with E-state index >= 15 is 0 Å². The average molecular weight is 349 g/mol. The summed E-state index contributed by atoms with van der Waals surface area (Å²) in [7, 11) is 0. The summed E-state index contributed by atoms with van der Waals surface area (Å²) in [4.78, 5) is 46.4. The quantitative estimate of drug-likeness (QED) is 0.505. The Morgan fingerprint density at radius 3 is 2.20 bits per heavy atom. The van der Waals surface area contributed by atoms with E-state index in [1.54, 1.807) is 30.3 Å². The SMILES string of the molecule is CC(C)C[C@H](NC(=O)CNC(=O)c1ccccc1)C(=O)NCC(=O)O. The Morgan fingerprint density at radius 1 is 1.00 bits per heavy atom. The fourth-order valence-corrected chi connectivity index (χ4v) is 2.09. The second-order valence-electron chi connectivity index (χ2n) is 5.91. The summed E-state index contributed by atoms with van der Waals surface area (Å²) < 4.78 is 0. The molecule has 0 saturated heterocycles. The summed E-state index contributed by atoms with van der Waals surface area (Å²) in [5.74, 6) is -2.55. The second-order valence-corrected chi connectivity index (χ2v) is 5.91. The minimum atomic E-state index is -1.17. The number of amides is 3. The number of nitrogens with one attached hydrogen (secondary N) is 3. The zero-order valence-corrected chi connectivity index (χ0v) is 14.2. The van der Waals surface area contributed by atoms with E-state index in [2.05, 4.69) is 16.0 Å². The van der Waals surface area contributed by atoms with Crippen molar-refractivity contribution in [3.63, 3.8) is 0 Å². The molecule has 8 heteroatoms. The molecule has 0 fully saturated rings. The first kappa shape index (κ1) is 20.1. The van der Waals surface area contributed by atoms with E-state index in [0.29, 0.717) is 12.0 Å². The van der Waals surface area contributed by atoms with E-state index in [4.69, 9.17) is 5.11 Å². The van der Waals surface area contributed by atoms with Crippen LogP contribution in [-0.2, 0) is 14.4 Å². The van der Waals surface area contributed by atoms with Gasteiger partial charge in [-0.15, -0.1) is 0 Å². The number of hydrogen-bond acceptors (Lipinski definition) is 4. The molecule has 4 N–H and O–H groups in total. The van der Waals surface area contributed by atoms with Crippen LogP contribution >= 0.6 is 0 Å². The van der Waals surface area contributed by atoms with Crippen LogP contribution in [0.5, 0.6) is 0 Å². The fraction of sp³-hybridized carbons (Fsp3) is 0.412. The zero-order valence-electron chi connectivity index (χ0n) is 14.2. The van der Waals surface area contributed by atoms with Crippen LogP contribution in [0.1, 0.15) is 30.6 Å². The monoisotopic (exact) mass is 349 g/mol. The molecule has 0 aliphatic rings. The molecule has 0 spiro atoms. The summed E-state index contributed by atoms with van der Waals surface area (Å²) in [6.45, 7) is 2.95. The van der Waals surface area contributed by atoms with Gasteiger partial charge in [0.25, 0.3) is 5.91 Å². The lowest BCUT2D eigenvalue weighted by molar-refractivity contribution is -0.138. The minimum Gasteiger partial charge on any atom is -0.480 e. The molecule has 136 valence electrons. The third-order valence-corrected chi connectivity index (χ3v) is 3.22. The lowest BCUT2D eigenvalue weighted by atomic mass is 10.0. The zero-order chi connectivity index (χ0) is 18.8. The molecule has 1 aromatic carbocycles. The predicted molar refractivity (Wildman–Crippen MR) is 90.8 cm³/mol. The van der Waals surface area contributed by atoms with Gasteiger partial charge in [-0.2, -0.15) is 0 Å². The number of rotatable bonds is 9. The minimum absolute atomic E-state index is 0.111. The van der Waals surface area contributed by atoms with Crippen LogP contribution in [0.15, 0.2) is 30.3 Å². The maximum Gasteiger partial charge on any atom is 0.322 e. The maximum atomic E-state index is 12.0. The summed E-state index contributed by atoms with van der Waals surface area (Å²) in [6, 6.07) is 7.57. The van der Waals surface area contributed by atoms with Crippen LogP contribution < -0.4 is 16.0 Å². The molecule has 0 unspecified atom stereocenters. The van der Waals surface area contributed by atoms with E-state index in [0.717, 1.165) is 0 Å². The van der Waals surface area contributed by atoms with E-state index in [1.165, 1.54) is 0 Å². The smallest absolute Gasteiger partial charge is 0.322 e. The van der Waals surface area contributed by atoms with Crippen molar-refractivity contribution >= 4 is 23.7 Å². The van der Waals surface area contributed by atoms with Crippen LogP contribution in [0, 0.1) is 5.92 Å². The highest BCUT2D eigenvalue weighted by Gasteiger charge is 2.22. The standard InChI is InChI=1S/C17H23N3O5/c1-11(2)8-13(17(25)19-10-15(22)23)20-14(21)9-18-16(24)12-6-4-3-5-7-12/h3-7,11,13H,8-10H2,1-2H3,(H,18,24)(H,19,25)(H,20,21)(H,22,23)/t13-/m0/s1. The second kappa shape index (κ2) is 10.1. The Hall–Kier alpha value is -2.90. The van der Waals surface area contributed by atoms with Gasteiger partial charge in [0.15, 0.2) is 0 Å². The van der Waals surface area contributed by atoms with Crippen molar-refractivity contribution in [2.24, 2.45) is 5.92 Å². The van der Waals surface area contributed by atoms with Crippen molar-refractivity contribution in [2.75, 3.05) is 13.1 Å². The van der Waals surface area contributed by atoms with Gasteiger partial charge in [0.1, 0.15) is 12.6 Å². The molecule has 0 aliphatic carbocycles. The molecule has 0 heterocycles. The summed E-state index contributed by atoms with van der Waals surface area (Å²) >= 11 is 0. The Kier molecular flexibility index (Phi) is 8.11. The third kappa shape index (κ3) is 7.96. The molecule has 1 atom stereocenters. The van der Waals surface area contributed by atoms with Gasteiger partial charge in [0, 0.05) is 5.56 Å². The molecule has 0 aromatic heterocycles. The van der Waals surface area contributed by atoms with Crippen molar-refractivity contribution in [3.8, 4) is 0 Å². The first-order valence-corrected chi connectivity index (χ1v) is 7.91. The number of carbonyl (C=O) groups excluding carboxylic acids is 3. The fourth-order valence-electron chi connectivity index (χ4n) is 2.09. The molecule has 1 aromatic rings. The molecule has 3 amide bonds. The van der Waals surface area contributed by atoms with Gasteiger partial charge in [0.2, 0.25) is 11.8 Å². The first-order chi connectivity index (χ1) is 11.8. The van der Waals surface area contributed by atoms with Crippen molar-refractivity contribution in [1.29, 1.82) is 0 Å². The normalized spacial score (nSPS) is 11.5. The van der Waals surface area contributed by atoms with Crippen LogP contribution in [0.3, 0.4) is 0 Å². The molecule has 0 aliphatic heterocycles. The number of aliphatic carboxylic acids is 1. The lowest BCUT2D eigenvalue weighted by Crippen LogP contribution is -2.50. The Labute approximate surface area is 146 Å². The highest BCUT2D eigenvalue weighted by molar-refractivity contribution is 5.97. The van der Waals surface area contributed by atoms with Crippen LogP contribution in [0.2, 0.25) is 0 Å². The summed E-state index contributed by atoms with van der Waals surface area (Å²) in [6.07, 6.45) is 0.351. The largest absolute Gasteiger partial charge is 0.480 e. The molecule has 1 rings (SSSR count). The number of carboxylic acids is 1. The molecule has 0 saturated carbocycles. The molecule has 8 nitrogen and oxygen atoms in total. The van der Waals surface area contributed by atoms with Gasteiger partial charge in [-0.05, 0) is 24.5 Å². The topological polar surface area (TPSA) is 125 Å². The van der Waals surface area contributed by atoms with Crippen molar-refractivity contribution < 1.29 is 24.3 Å². The number of benzene rings is 1. The Bertz CT molecular complexity index is 616. The maximum absolute atomic E-state index is 12.0. The highest BCUT2D eigenvalue weighted by Crippen LogP contribution is 2.05. The third-order valence-electron chi connectivity index (χ3n) is 3.22. The Balaban J connectivity index is 2.55. The molecule has 25 heavy (non-hydrogen) atoms. The van der Waals surface area contributed by atoms with E-state index in [1.807, 2.05) is 13.8 Å². The van der Waals surface area contributed by atoms with E-state index in [-0.39, 0.29) is 12.5 Å². The molecule has 0 radical (unpaired) electrons. The first-order valence-electron chi connectivity index (χ1n) is 7.91. The molecular weight excluding hydrogens is 326 g/mol. The van der Waals surface area contributed by atoms with Crippen molar-refractivity contribution in [2.45, 2.75) is 26.3 Å².